The van der Waals surface area contributed by atoms with Gasteiger partial charge in [-0.1, -0.05) is 12.8 Å². The van der Waals surface area contributed by atoms with Gasteiger partial charge in [-0.2, -0.15) is 5.10 Å². The third kappa shape index (κ3) is 1.89. The third-order valence-corrected chi connectivity index (χ3v) is 2.94. The molecular formula is C11H16N2O3. The van der Waals surface area contributed by atoms with Crippen LogP contribution in [0.5, 0.6) is 5.88 Å². The van der Waals surface area contributed by atoms with Gasteiger partial charge in [-0.05, 0) is 19.8 Å². The summed E-state index contributed by atoms with van der Waals surface area (Å²) in [6.07, 6.45) is 5.71. The average molecular weight is 224 g/mol. The van der Waals surface area contributed by atoms with Crippen LogP contribution in [0.2, 0.25) is 0 Å². The highest BCUT2D eigenvalue weighted by atomic mass is 16.5. The molecule has 0 bridgehead atoms. The first-order valence-corrected chi connectivity index (χ1v) is 5.67. The maximum atomic E-state index is 11.5. The molecule has 1 aliphatic rings. The predicted octanol–water partition coefficient (Wildman–Crippen LogP) is 1.88. The van der Waals surface area contributed by atoms with E-state index in [0.29, 0.717) is 6.61 Å². The summed E-state index contributed by atoms with van der Waals surface area (Å²) in [7, 11) is 0. The molecule has 0 aromatic carbocycles. The van der Waals surface area contributed by atoms with E-state index in [-0.39, 0.29) is 17.5 Å². The van der Waals surface area contributed by atoms with Gasteiger partial charge in [-0.15, -0.1) is 0 Å². The Morgan fingerprint density at radius 1 is 1.62 bits per heavy atom. The zero-order valence-electron chi connectivity index (χ0n) is 9.35. The lowest BCUT2D eigenvalue weighted by Gasteiger charge is -2.10. The van der Waals surface area contributed by atoms with E-state index in [9.17, 15) is 9.90 Å². The number of carbonyl (C=O) groups is 1. The van der Waals surface area contributed by atoms with E-state index in [2.05, 4.69) is 5.10 Å². The molecule has 5 nitrogen and oxygen atoms in total. The van der Waals surface area contributed by atoms with Gasteiger partial charge in [-0.3, -0.25) is 0 Å². The van der Waals surface area contributed by atoms with Gasteiger partial charge < -0.3 is 9.84 Å². The molecule has 0 amide bonds. The van der Waals surface area contributed by atoms with Crippen LogP contribution in [0.15, 0.2) is 6.20 Å². The average Bonchev–Trinajstić information content (AvgIpc) is 2.86. The zero-order valence-corrected chi connectivity index (χ0v) is 9.35. The van der Waals surface area contributed by atoms with Crippen molar-refractivity contribution in [2.45, 2.75) is 38.6 Å². The van der Waals surface area contributed by atoms with Gasteiger partial charge in [0.15, 0.2) is 0 Å². The highest BCUT2D eigenvalue weighted by molar-refractivity contribution is 5.91. The largest absolute Gasteiger partial charge is 0.493 e. The number of hydrogen-bond acceptors (Lipinski definition) is 4. The summed E-state index contributed by atoms with van der Waals surface area (Å²) in [5, 5.41) is 14.0. The normalized spacial score (nSPS) is 16.6. The Bertz CT molecular complexity index is 381. The smallest absolute Gasteiger partial charge is 0.345 e. The molecular weight excluding hydrogens is 208 g/mol. The molecule has 0 spiro atoms. The lowest BCUT2D eigenvalue weighted by atomic mass is 10.2. The molecule has 0 aliphatic heterocycles. The Balaban J connectivity index is 2.19. The lowest BCUT2D eigenvalue weighted by molar-refractivity contribution is 0.0522. The Kier molecular flexibility index (Phi) is 3.12. The van der Waals surface area contributed by atoms with Gasteiger partial charge in [0.2, 0.25) is 5.88 Å². The minimum Gasteiger partial charge on any atom is -0.493 e. The molecule has 1 aromatic rings. The number of aromatic nitrogens is 2. The van der Waals surface area contributed by atoms with E-state index < -0.39 is 5.97 Å². The minimum absolute atomic E-state index is 0.0645. The monoisotopic (exact) mass is 224 g/mol. The summed E-state index contributed by atoms with van der Waals surface area (Å²) >= 11 is 0. The SMILES string of the molecule is CCOC(=O)c1cnn(C2CCCC2)c1O. The van der Waals surface area contributed by atoms with Crippen molar-refractivity contribution in [2.24, 2.45) is 0 Å². The van der Waals surface area contributed by atoms with Crippen molar-refractivity contribution in [1.29, 1.82) is 0 Å². The summed E-state index contributed by atoms with van der Waals surface area (Å²) in [6.45, 7) is 2.03. The molecule has 1 aromatic heterocycles. The van der Waals surface area contributed by atoms with Gasteiger partial charge in [0.1, 0.15) is 5.56 Å². The number of aromatic hydroxyl groups is 1. The van der Waals surface area contributed by atoms with E-state index >= 15 is 0 Å². The Hall–Kier alpha value is -1.52. The van der Waals surface area contributed by atoms with Crippen LogP contribution in [-0.2, 0) is 4.74 Å². The summed E-state index contributed by atoms with van der Waals surface area (Å²) in [4.78, 5) is 11.5. The van der Waals surface area contributed by atoms with Crippen LogP contribution >= 0.6 is 0 Å². The Morgan fingerprint density at radius 2 is 2.31 bits per heavy atom. The van der Waals surface area contributed by atoms with Crippen molar-refractivity contribution in [2.75, 3.05) is 6.61 Å². The molecule has 88 valence electrons. The molecule has 1 N–H and O–H groups in total. The van der Waals surface area contributed by atoms with E-state index in [1.54, 1.807) is 11.6 Å². The van der Waals surface area contributed by atoms with Gasteiger partial charge in [-0.25, -0.2) is 9.48 Å². The van der Waals surface area contributed by atoms with Gasteiger partial charge in [0.05, 0.1) is 18.8 Å². The Labute approximate surface area is 94.0 Å². The van der Waals surface area contributed by atoms with E-state index in [4.69, 9.17) is 4.74 Å². The van der Waals surface area contributed by atoms with Crippen molar-refractivity contribution in [3.63, 3.8) is 0 Å². The number of carbonyl (C=O) groups excluding carboxylic acids is 1. The van der Waals surface area contributed by atoms with Crippen LogP contribution in [0.1, 0.15) is 49.0 Å². The van der Waals surface area contributed by atoms with Crippen molar-refractivity contribution in [1.82, 2.24) is 9.78 Å². The van der Waals surface area contributed by atoms with Crippen LogP contribution in [0.3, 0.4) is 0 Å². The van der Waals surface area contributed by atoms with Crippen LogP contribution in [0, 0.1) is 0 Å². The number of hydrogen-bond donors (Lipinski definition) is 1. The molecule has 1 fully saturated rings. The molecule has 0 saturated heterocycles. The van der Waals surface area contributed by atoms with Gasteiger partial charge in [0.25, 0.3) is 0 Å². The van der Waals surface area contributed by atoms with Crippen molar-refractivity contribution in [3.05, 3.63) is 11.8 Å². The summed E-state index contributed by atoms with van der Waals surface area (Å²) < 4.78 is 6.37. The second-order valence-corrected chi connectivity index (χ2v) is 3.99. The molecule has 0 atom stereocenters. The first-order chi connectivity index (χ1) is 7.74. The molecule has 1 saturated carbocycles. The fourth-order valence-electron chi connectivity index (χ4n) is 2.12. The summed E-state index contributed by atoms with van der Waals surface area (Å²) in [5.41, 5.74) is 0.161. The standard InChI is InChI=1S/C11H16N2O3/c1-2-16-11(15)9-7-12-13(10(9)14)8-5-3-4-6-8/h7-8,14H,2-6H2,1H3. The van der Waals surface area contributed by atoms with Crippen molar-refractivity contribution in [3.8, 4) is 5.88 Å². The number of esters is 1. The second-order valence-electron chi connectivity index (χ2n) is 3.99. The molecule has 1 heterocycles. The fourth-order valence-corrected chi connectivity index (χ4v) is 2.12. The fraction of sp³-hybridized carbons (Fsp3) is 0.636. The highest BCUT2D eigenvalue weighted by Gasteiger charge is 2.24. The molecule has 0 radical (unpaired) electrons. The lowest BCUT2D eigenvalue weighted by Crippen LogP contribution is -2.07. The molecule has 16 heavy (non-hydrogen) atoms. The number of nitrogens with zero attached hydrogens (tertiary/aromatic N) is 2. The minimum atomic E-state index is -0.510. The topological polar surface area (TPSA) is 64.3 Å². The predicted molar refractivity (Wildman–Crippen MR) is 57.4 cm³/mol. The van der Waals surface area contributed by atoms with Crippen LogP contribution in [-0.4, -0.2) is 27.5 Å². The van der Waals surface area contributed by atoms with Crippen LogP contribution < -0.4 is 0 Å². The van der Waals surface area contributed by atoms with Crippen molar-refractivity contribution < 1.29 is 14.6 Å². The van der Waals surface area contributed by atoms with Gasteiger partial charge in [0, 0.05) is 0 Å². The molecule has 0 unspecified atom stereocenters. The summed E-state index contributed by atoms with van der Waals surface area (Å²) in [5.74, 6) is -0.574. The first kappa shape index (κ1) is 11.0. The van der Waals surface area contributed by atoms with Crippen LogP contribution in [0.25, 0.3) is 0 Å². The number of ether oxygens (including phenoxy) is 1. The van der Waals surface area contributed by atoms with E-state index in [1.807, 2.05) is 0 Å². The van der Waals surface area contributed by atoms with E-state index in [0.717, 1.165) is 25.7 Å². The Morgan fingerprint density at radius 3 is 2.94 bits per heavy atom. The maximum Gasteiger partial charge on any atom is 0.345 e. The zero-order chi connectivity index (χ0) is 11.5. The molecule has 1 aliphatic carbocycles. The quantitative estimate of drug-likeness (QED) is 0.796. The van der Waals surface area contributed by atoms with Crippen molar-refractivity contribution >= 4 is 5.97 Å². The first-order valence-electron chi connectivity index (χ1n) is 5.67. The molecule has 2 rings (SSSR count). The third-order valence-electron chi connectivity index (χ3n) is 2.94. The highest BCUT2D eigenvalue weighted by Crippen LogP contribution is 2.33. The second kappa shape index (κ2) is 4.55. The van der Waals surface area contributed by atoms with Gasteiger partial charge >= 0.3 is 5.97 Å². The van der Waals surface area contributed by atoms with E-state index in [1.165, 1.54) is 6.20 Å². The van der Waals surface area contributed by atoms with Crippen LogP contribution in [0.4, 0.5) is 0 Å². The summed E-state index contributed by atoms with van der Waals surface area (Å²) in [6, 6.07) is 0.225. The molecule has 5 heteroatoms. The number of rotatable bonds is 3. The maximum absolute atomic E-state index is 11.5.